The third-order valence-corrected chi connectivity index (χ3v) is 12.3. The molecule has 1 aromatic heterocycles. The summed E-state index contributed by atoms with van der Waals surface area (Å²) in [4.78, 5) is 68.5. The number of methoxy groups -OCH3 is 1. The van der Waals surface area contributed by atoms with Crippen molar-refractivity contribution in [2.24, 2.45) is 29.6 Å². The number of nitrogens with zero attached hydrogens (tertiary/aromatic N) is 1. The molecule has 3 amide bonds. The monoisotopic (exact) mass is 679 g/mol. The molecule has 0 radical (unpaired) electrons. The Morgan fingerprint density at radius 3 is 2.47 bits per heavy atom. The second kappa shape index (κ2) is 12.4. The van der Waals surface area contributed by atoms with Crippen molar-refractivity contribution in [3.05, 3.63) is 62.6 Å². The zero-order chi connectivity index (χ0) is 33.0. The summed E-state index contributed by atoms with van der Waals surface area (Å²) in [7, 11) is 1.57. The molecule has 246 valence electrons. The second-order valence-corrected chi connectivity index (χ2v) is 14.3. The van der Waals surface area contributed by atoms with Crippen LogP contribution in [0.2, 0.25) is 0 Å². The predicted molar refractivity (Wildman–Crippen MR) is 172 cm³/mol. The fourth-order valence-corrected chi connectivity index (χ4v) is 10.9. The third-order valence-electron chi connectivity index (χ3n) is 9.72. The average molecular weight is 680 g/mol. The molecule has 3 fully saturated rings. The number of carbonyl (C=O) groups excluding carboxylic acids is 3. The number of thiazole rings is 1. The Morgan fingerprint density at radius 1 is 1.02 bits per heavy atom. The molecule has 6 unspecified atom stereocenters. The van der Waals surface area contributed by atoms with Crippen molar-refractivity contribution in [1.82, 2.24) is 9.88 Å². The van der Waals surface area contributed by atoms with Crippen molar-refractivity contribution in [1.29, 1.82) is 0 Å². The van der Waals surface area contributed by atoms with Gasteiger partial charge in [-0.3, -0.25) is 28.9 Å². The van der Waals surface area contributed by atoms with Crippen molar-refractivity contribution in [3.63, 3.8) is 0 Å². The number of imide groups is 1. The fraction of sp³-hybridized carbons (Fsp3) is 0.424. The number of nitrogens with one attached hydrogen (secondary N) is 2. The minimum absolute atomic E-state index is 0.00621. The van der Waals surface area contributed by atoms with E-state index in [1.807, 2.05) is 19.1 Å². The number of anilines is 1. The van der Waals surface area contributed by atoms with Gasteiger partial charge < -0.3 is 29.6 Å². The Labute approximate surface area is 277 Å². The van der Waals surface area contributed by atoms with E-state index in [0.717, 1.165) is 38.1 Å². The highest BCUT2D eigenvalue weighted by Crippen LogP contribution is 2.68. The Bertz CT molecular complexity index is 1800. The van der Waals surface area contributed by atoms with Gasteiger partial charge in [-0.15, -0.1) is 11.8 Å². The minimum atomic E-state index is -1.06. The Balaban J connectivity index is 1.16. The number of likely N-dealkylation sites (tertiary alicyclic amines) is 1. The number of benzene rings is 2. The van der Waals surface area contributed by atoms with Crippen LogP contribution in [0, 0.1) is 29.6 Å². The zero-order valence-electron chi connectivity index (χ0n) is 25.6. The highest BCUT2D eigenvalue weighted by atomic mass is 32.2. The number of aromatic amines is 1. The average Bonchev–Trinajstić information content (AvgIpc) is 3.79. The number of H-pyrrole nitrogens is 1. The number of ether oxygens (including phenoxy) is 3. The van der Waals surface area contributed by atoms with Gasteiger partial charge in [0.05, 0.1) is 37.0 Å². The van der Waals surface area contributed by atoms with Crippen LogP contribution >= 0.6 is 23.1 Å². The Morgan fingerprint density at radius 2 is 1.77 bits per heavy atom. The number of amides is 3. The number of carbonyl (C=O) groups is 4. The van der Waals surface area contributed by atoms with Gasteiger partial charge in [0.15, 0.2) is 18.1 Å². The van der Waals surface area contributed by atoms with Crippen molar-refractivity contribution in [2.75, 3.05) is 32.2 Å². The summed E-state index contributed by atoms with van der Waals surface area (Å²) in [5.41, 5.74) is 1.49. The number of carboxylic acids is 1. The van der Waals surface area contributed by atoms with E-state index in [1.165, 1.54) is 0 Å². The first-order valence-corrected chi connectivity index (χ1v) is 17.2. The van der Waals surface area contributed by atoms with Gasteiger partial charge in [0, 0.05) is 28.3 Å². The number of hydrogen-bond acceptors (Lipinski definition) is 10. The number of aliphatic carboxylic acids is 1. The molecule has 3 aromatic rings. The number of thioether (sulfide) groups is 1. The molecular weight excluding hydrogens is 647 g/mol. The van der Waals surface area contributed by atoms with E-state index in [-0.39, 0.29) is 71.1 Å². The minimum Gasteiger partial charge on any atom is -0.497 e. The smallest absolute Gasteiger partial charge is 0.305 e. The predicted octanol–water partition coefficient (Wildman–Crippen LogP) is 3.81. The van der Waals surface area contributed by atoms with Gasteiger partial charge in [0.25, 0.3) is 5.91 Å². The van der Waals surface area contributed by atoms with Crippen LogP contribution < -0.4 is 24.4 Å². The maximum absolute atomic E-state index is 13.6. The Kier molecular flexibility index (Phi) is 8.25. The number of fused-ring (bicyclic) bond motifs is 9. The molecule has 2 saturated carbocycles. The van der Waals surface area contributed by atoms with Gasteiger partial charge in [-0.05, 0) is 73.1 Å². The quantitative estimate of drug-likeness (QED) is 0.254. The molecule has 14 heteroatoms. The zero-order valence-corrected chi connectivity index (χ0v) is 27.2. The molecule has 3 heterocycles. The molecule has 2 aromatic carbocycles. The Hall–Kier alpha value is -4.30. The van der Waals surface area contributed by atoms with Crippen molar-refractivity contribution in [3.8, 4) is 17.2 Å². The molecule has 12 nitrogen and oxygen atoms in total. The molecule has 7 atom stereocenters. The van der Waals surface area contributed by atoms with E-state index in [1.54, 1.807) is 49.2 Å². The number of rotatable bonds is 11. The lowest BCUT2D eigenvalue weighted by molar-refractivity contribution is -0.142. The molecule has 47 heavy (non-hydrogen) atoms. The first-order valence-electron chi connectivity index (χ1n) is 15.5. The van der Waals surface area contributed by atoms with E-state index in [2.05, 4.69) is 10.3 Å². The topological polar surface area (TPSA) is 164 Å². The standard InChI is InChI=1S/C33H33N3O9S2/c1-3-44-21-12-15(4-9-20(21)45-14-22(37)34-16-5-7-17(43-2)8-6-16)24-25-18-13-19(28(25)46-30-29(24)47-33(42)35-30)27-26(18)31(40)36(32(27)41)11-10-23(38)39/h4-9,12,18-19,24-28H,3,10-11,13-14H2,1-2H3,(H,34,37)(H,35,42)(H,38,39)/t18?,19?,24-,25?,26?,27?,28?/m1/s1. The van der Waals surface area contributed by atoms with Crippen LogP contribution in [0.5, 0.6) is 17.2 Å². The molecule has 2 aliphatic carbocycles. The van der Waals surface area contributed by atoms with Crippen LogP contribution in [0.3, 0.4) is 0 Å². The van der Waals surface area contributed by atoms with E-state index >= 15 is 0 Å². The summed E-state index contributed by atoms with van der Waals surface area (Å²) in [5.74, 6) is -1.84. The van der Waals surface area contributed by atoms with Gasteiger partial charge in [0.2, 0.25) is 11.8 Å². The molecule has 3 N–H and O–H groups in total. The second-order valence-electron chi connectivity index (χ2n) is 12.1. The number of hydrogen-bond donors (Lipinski definition) is 3. The molecule has 1 saturated heterocycles. The van der Waals surface area contributed by atoms with Gasteiger partial charge in [0.1, 0.15) is 5.75 Å². The maximum atomic E-state index is 13.6. The number of carboxylic acid groups (broad SMARTS) is 1. The van der Waals surface area contributed by atoms with Gasteiger partial charge in [-0.2, -0.15) is 0 Å². The van der Waals surface area contributed by atoms with E-state index < -0.39 is 17.8 Å². The molecule has 2 bridgehead atoms. The summed E-state index contributed by atoms with van der Waals surface area (Å²) in [6.07, 6.45) is 0.438. The summed E-state index contributed by atoms with van der Waals surface area (Å²) in [5, 5.41) is 12.8. The van der Waals surface area contributed by atoms with Crippen LogP contribution in [0.1, 0.15) is 36.1 Å². The molecular formula is C33H33N3O9S2. The van der Waals surface area contributed by atoms with Crippen LogP contribution in [0.15, 0.2) is 52.3 Å². The third kappa shape index (κ3) is 5.46. The SMILES string of the molecule is CCOc1cc([C@H]2c3sc(=O)[nH]c3SC3C4CC(C5C(=O)N(CCC(=O)O)C(=O)C45)C32)ccc1OCC(=O)Nc1ccc(OC)cc1. The van der Waals surface area contributed by atoms with Gasteiger partial charge in [-0.25, -0.2) is 0 Å². The van der Waals surface area contributed by atoms with Crippen LogP contribution in [-0.4, -0.2) is 70.8 Å². The summed E-state index contributed by atoms with van der Waals surface area (Å²) < 4.78 is 17.0. The van der Waals surface area contributed by atoms with E-state index in [9.17, 15) is 29.1 Å². The lowest BCUT2D eigenvalue weighted by Gasteiger charge is -2.43. The van der Waals surface area contributed by atoms with Crippen LogP contribution in [0.4, 0.5) is 5.69 Å². The first-order chi connectivity index (χ1) is 22.7. The highest BCUT2D eigenvalue weighted by Gasteiger charge is 2.69. The van der Waals surface area contributed by atoms with Crippen molar-refractivity contribution in [2.45, 2.75) is 36.0 Å². The first kappa shape index (κ1) is 31.3. The summed E-state index contributed by atoms with van der Waals surface area (Å²) in [6, 6.07) is 12.5. The highest BCUT2D eigenvalue weighted by molar-refractivity contribution is 8.00. The van der Waals surface area contributed by atoms with Crippen LogP contribution in [0.25, 0.3) is 0 Å². The van der Waals surface area contributed by atoms with Gasteiger partial charge in [-0.1, -0.05) is 17.4 Å². The lowest BCUT2D eigenvalue weighted by atomic mass is 9.68. The number of aromatic nitrogens is 1. The summed E-state index contributed by atoms with van der Waals surface area (Å²) >= 11 is 2.74. The molecule has 7 rings (SSSR count). The summed E-state index contributed by atoms with van der Waals surface area (Å²) in [6.45, 7) is 1.83. The van der Waals surface area contributed by atoms with Crippen LogP contribution in [-0.2, 0) is 19.2 Å². The fourth-order valence-electron chi connectivity index (χ4n) is 8.00. The molecule has 0 spiro atoms. The largest absolute Gasteiger partial charge is 0.497 e. The van der Waals surface area contributed by atoms with E-state index in [4.69, 9.17) is 14.2 Å². The van der Waals surface area contributed by atoms with Crippen molar-refractivity contribution < 1.29 is 38.5 Å². The normalized spacial score (nSPS) is 26.9. The molecule has 2 aliphatic heterocycles. The maximum Gasteiger partial charge on any atom is 0.305 e. The van der Waals surface area contributed by atoms with Gasteiger partial charge >= 0.3 is 10.8 Å². The molecule has 4 aliphatic rings. The van der Waals surface area contributed by atoms with E-state index in [0.29, 0.717) is 29.5 Å². The van der Waals surface area contributed by atoms with Crippen molar-refractivity contribution >= 4 is 52.5 Å². The lowest BCUT2D eigenvalue weighted by Crippen LogP contribution is -2.42.